The molecule has 0 radical (unpaired) electrons. The minimum Gasteiger partial charge on any atom is -0.339 e. The lowest BCUT2D eigenvalue weighted by Gasteiger charge is -2.23. The van der Waals surface area contributed by atoms with Crippen LogP contribution in [0.3, 0.4) is 0 Å². The Hall–Kier alpha value is -2.71. The highest BCUT2D eigenvalue weighted by Crippen LogP contribution is 2.27. The van der Waals surface area contributed by atoms with Crippen molar-refractivity contribution in [1.29, 1.82) is 0 Å². The van der Waals surface area contributed by atoms with Crippen molar-refractivity contribution in [2.45, 2.75) is 44.6 Å². The summed E-state index contributed by atoms with van der Waals surface area (Å²) < 4.78 is 27.4. The van der Waals surface area contributed by atoms with E-state index < -0.39 is 16.1 Å². The van der Waals surface area contributed by atoms with Crippen LogP contribution in [0, 0.1) is 6.92 Å². The standard InChI is InChI=1S/C23H29N3O4S/c1-4-25(5-2)23(28)18-10-12-19(13-11-18)24-22(27)21-7-6-16-26(21)31(29,30)20-14-8-17(3)9-15-20/h8-15,21H,4-7,16H2,1-3H3,(H,24,27). The van der Waals surface area contributed by atoms with Gasteiger partial charge in [-0.2, -0.15) is 4.31 Å². The van der Waals surface area contributed by atoms with Crippen LogP contribution in [0.25, 0.3) is 0 Å². The fourth-order valence-corrected chi connectivity index (χ4v) is 5.41. The van der Waals surface area contributed by atoms with Crippen molar-refractivity contribution in [3.8, 4) is 0 Å². The first-order valence-electron chi connectivity index (χ1n) is 10.6. The zero-order valence-corrected chi connectivity index (χ0v) is 19.0. The van der Waals surface area contributed by atoms with Crippen LogP contribution in [0.5, 0.6) is 0 Å². The van der Waals surface area contributed by atoms with Gasteiger partial charge in [0.15, 0.2) is 0 Å². The molecule has 1 N–H and O–H groups in total. The summed E-state index contributed by atoms with van der Waals surface area (Å²) in [6.45, 7) is 7.30. The van der Waals surface area contributed by atoms with Gasteiger partial charge in [-0.05, 0) is 70.0 Å². The maximum atomic E-state index is 13.1. The topological polar surface area (TPSA) is 86.8 Å². The molecule has 1 atom stereocenters. The molecule has 7 nitrogen and oxygen atoms in total. The van der Waals surface area contributed by atoms with E-state index in [4.69, 9.17) is 0 Å². The number of hydrogen-bond acceptors (Lipinski definition) is 4. The van der Waals surface area contributed by atoms with E-state index in [2.05, 4.69) is 5.32 Å². The van der Waals surface area contributed by atoms with Gasteiger partial charge in [0.05, 0.1) is 4.90 Å². The molecule has 2 aromatic carbocycles. The summed E-state index contributed by atoms with van der Waals surface area (Å²) in [4.78, 5) is 27.2. The van der Waals surface area contributed by atoms with Gasteiger partial charge in [0.1, 0.15) is 6.04 Å². The van der Waals surface area contributed by atoms with Gasteiger partial charge in [0, 0.05) is 30.9 Å². The van der Waals surface area contributed by atoms with E-state index in [0.717, 1.165) is 5.56 Å². The third-order valence-electron chi connectivity index (χ3n) is 5.58. The molecule has 0 spiro atoms. The summed E-state index contributed by atoms with van der Waals surface area (Å²) in [5.74, 6) is -0.426. The van der Waals surface area contributed by atoms with E-state index in [1.165, 1.54) is 4.31 Å². The third-order valence-corrected chi connectivity index (χ3v) is 7.51. The number of nitrogens with one attached hydrogen (secondary N) is 1. The van der Waals surface area contributed by atoms with Crippen LogP contribution in [0.4, 0.5) is 5.69 Å². The molecule has 1 fully saturated rings. The number of hydrogen-bond donors (Lipinski definition) is 1. The summed E-state index contributed by atoms with van der Waals surface area (Å²) in [5, 5.41) is 2.80. The molecule has 8 heteroatoms. The molecule has 1 aliphatic heterocycles. The molecule has 0 aromatic heterocycles. The Morgan fingerprint density at radius 2 is 1.65 bits per heavy atom. The normalized spacial score (nSPS) is 16.8. The Bertz CT molecular complexity index is 1030. The van der Waals surface area contributed by atoms with Crippen molar-refractivity contribution >= 4 is 27.5 Å². The van der Waals surface area contributed by atoms with Gasteiger partial charge in [-0.1, -0.05) is 17.7 Å². The molecule has 3 rings (SSSR count). The van der Waals surface area contributed by atoms with Gasteiger partial charge in [-0.3, -0.25) is 9.59 Å². The van der Waals surface area contributed by atoms with Crippen LogP contribution in [0.15, 0.2) is 53.4 Å². The van der Waals surface area contributed by atoms with E-state index >= 15 is 0 Å². The number of sulfonamides is 1. The van der Waals surface area contributed by atoms with E-state index in [0.29, 0.717) is 43.7 Å². The van der Waals surface area contributed by atoms with Crippen molar-refractivity contribution in [2.75, 3.05) is 25.0 Å². The zero-order valence-electron chi connectivity index (χ0n) is 18.2. The average molecular weight is 444 g/mol. The van der Waals surface area contributed by atoms with E-state index in [9.17, 15) is 18.0 Å². The lowest BCUT2D eigenvalue weighted by atomic mass is 10.1. The molecule has 31 heavy (non-hydrogen) atoms. The van der Waals surface area contributed by atoms with Gasteiger partial charge in [-0.25, -0.2) is 8.42 Å². The molecular weight excluding hydrogens is 414 g/mol. The highest BCUT2D eigenvalue weighted by Gasteiger charge is 2.39. The molecule has 0 saturated carbocycles. The van der Waals surface area contributed by atoms with Crippen molar-refractivity contribution in [3.05, 3.63) is 59.7 Å². The van der Waals surface area contributed by atoms with E-state index in [-0.39, 0.29) is 16.7 Å². The minimum atomic E-state index is -3.75. The Morgan fingerprint density at radius 1 is 1.03 bits per heavy atom. The molecule has 0 aliphatic carbocycles. The number of rotatable bonds is 7. The first-order chi connectivity index (χ1) is 14.8. The monoisotopic (exact) mass is 443 g/mol. The maximum absolute atomic E-state index is 13.1. The number of benzene rings is 2. The van der Waals surface area contributed by atoms with Crippen molar-refractivity contribution < 1.29 is 18.0 Å². The fourth-order valence-electron chi connectivity index (χ4n) is 3.75. The third kappa shape index (κ3) is 4.97. The highest BCUT2D eigenvalue weighted by molar-refractivity contribution is 7.89. The van der Waals surface area contributed by atoms with Gasteiger partial charge in [0.2, 0.25) is 15.9 Å². The number of carbonyl (C=O) groups is 2. The number of aryl methyl sites for hydroxylation is 1. The summed E-state index contributed by atoms with van der Waals surface area (Å²) in [6.07, 6.45) is 1.09. The molecular formula is C23H29N3O4S. The minimum absolute atomic E-state index is 0.0611. The first-order valence-corrected chi connectivity index (χ1v) is 12.0. The summed E-state index contributed by atoms with van der Waals surface area (Å²) in [7, 11) is -3.75. The molecule has 1 heterocycles. The first kappa shape index (κ1) is 23.0. The number of nitrogens with zero attached hydrogens (tertiary/aromatic N) is 2. The summed E-state index contributed by atoms with van der Waals surface area (Å²) in [6, 6.07) is 12.6. The lowest BCUT2D eigenvalue weighted by molar-refractivity contribution is -0.119. The second-order valence-corrected chi connectivity index (χ2v) is 9.52. The lowest BCUT2D eigenvalue weighted by Crippen LogP contribution is -2.43. The van der Waals surface area contributed by atoms with Crippen LogP contribution in [0.2, 0.25) is 0 Å². The van der Waals surface area contributed by atoms with E-state index in [1.54, 1.807) is 53.4 Å². The molecule has 1 saturated heterocycles. The fraction of sp³-hybridized carbons (Fsp3) is 0.391. The smallest absolute Gasteiger partial charge is 0.253 e. The molecule has 1 aliphatic rings. The predicted molar refractivity (Wildman–Crippen MR) is 120 cm³/mol. The number of amides is 2. The van der Waals surface area contributed by atoms with Gasteiger partial charge in [-0.15, -0.1) is 0 Å². The maximum Gasteiger partial charge on any atom is 0.253 e. The van der Waals surface area contributed by atoms with Crippen LogP contribution >= 0.6 is 0 Å². The molecule has 1 unspecified atom stereocenters. The van der Waals surface area contributed by atoms with Crippen LogP contribution in [-0.2, 0) is 14.8 Å². The van der Waals surface area contributed by atoms with Crippen molar-refractivity contribution in [2.24, 2.45) is 0 Å². The Labute approximate surface area is 184 Å². The molecule has 0 bridgehead atoms. The number of carbonyl (C=O) groups excluding carboxylic acids is 2. The van der Waals surface area contributed by atoms with E-state index in [1.807, 2.05) is 20.8 Å². The largest absolute Gasteiger partial charge is 0.339 e. The Balaban J connectivity index is 1.72. The second kappa shape index (κ2) is 9.62. The summed E-state index contributed by atoms with van der Waals surface area (Å²) >= 11 is 0. The Morgan fingerprint density at radius 3 is 2.23 bits per heavy atom. The Kier molecular flexibility index (Phi) is 7.12. The van der Waals surface area contributed by atoms with Gasteiger partial charge >= 0.3 is 0 Å². The summed E-state index contributed by atoms with van der Waals surface area (Å²) in [5.41, 5.74) is 2.05. The van der Waals surface area contributed by atoms with Crippen LogP contribution in [-0.4, -0.2) is 55.1 Å². The highest BCUT2D eigenvalue weighted by atomic mass is 32.2. The van der Waals surface area contributed by atoms with Crippen molar-refractivity contribution in [3.63, 3.8) is 0 Å². The molecule has 2 aromatic rings. The average Bonchev–Trinajstić information content (AvgIpc) is 3.26. The van der Waals surface area contributed by atoms with Crippen molar-refractivity contribution in [1.82, 2.24) is 9.21 Å². The zero-order chi connectivity index (χ0) is 22.6. The van der Waals surface area contributed by atoms with Gasteiger partial charge < -0.3 is 10.2 Å². The quantitative estimate of drug-likeness (QED) is 0.712. The predicted octanol–water partition coefficient (Wildman–Crippen LogP) is 3.27. The molecule has 2 amide bonds. The van der Waals surface area contributed by atoms with Crippen LogP contribution in [0.1, 0.15) is 42.6 Å². The number of anilines is 1. The van der Waals surface area contributed by atoms with Gasteiger partial charge in [0.25, 0.3) is 5.91 Å². The second-order valence-electron chi connectivity index (χ2n) is 7.63. The molecule has 166 valence electrons. The van der Waals surface area contributed by atoms with Crippen LogP contribution < -0.4 is 5.32 Å². The SMILES string of the molecule is CCN(CC)C(=O)c1ccc(NC(=O)C2CCCN2S(=O)(=O)c2ccc(C)cc2)cc1.